The van der Waals surface area contributed by atoms with Gasteiger partial charge in [-0.2, -0.15) is 5.10 Å². The van der Waals surface area contributed by atoms with Crippen molar-refractivity contribution in [3.8, 4) is 0 Å². The van der Waals surface area contributed by atoms with Gasteiger partial charge >= 0.3 is 0 Å². The molecule has 29 heavy (non-hydrogen) atoms. The van der Waals surface area contributed by atoms with E-state index in [1.165, 1.54) is 17.1 Å². The van der Waals surface area contributed by atoms with Crippen LogP contribution >= 0.6 is 0 Å². The van der Waals surface area contributed by atoms with E-state index < -0.39 is 21.0 Å². The normalized spacial score (nSPS) is 16.4. The number of anilines is 1. The maximum absolute atomic E-state index is 12.4. The van der Waals surface area contributed by atoms with E-state index in [1.54, 1.807) is 43.3 Å². The van der Waals surface area contributed by atoms with Crippen molar-refractivity contribution in [3.05, 3.63) is 69.8 Å². The number of carbonyl (C=O) groups excluding carboxylic acids is 1. The van der Waals surface area contributed by atoms with Crippen molar-refractivity contribution < 1.29 is 18.1 Å². The van der Waals surface area contributed by atoms with Crippen molar-refractivity contribution in [2.45, 2.75) is 25.8 Å². The number of nitro groups is 1. The Morgan fingerprint density at radius 3 is 2.66 bits per heavy atom. The van der Waals surface area contributed by atoms with E-state index in [0.717, 1.165) is 6.26 Å². The third-order valence-electron chi connectivity index (χ3n) is 4.43. The van der Waals surface area contributed by atoms with Crippen molar-refractivity contribution in [3.63, 3.8) is 0 Å². The minimum absolute atomic E-state index is 0.0563. The van der Waals surface area contributed by atoms with Gasteiger partial charge in [-0.15, -0.1) is 0 Å². The topological polar surface area (TPSA) is 122 Å². The van der Waals surface area contributed by atoms with E-state index in [1.807, 2.05) is 0 Å². The van der Waals surface area contributed by atoms with Gasteiger partial charge in [0.15, 0.2) is 0 Å². The van der Waals surface area contributed by atoms with Gasteiger partial charge in [0.25, 0.3) is 5.69 Å². The van der Waals surface area contributed by atoms with E-state index in [0.29, 0.717) is 28.9 Å². The van der Waals surface area contributed by atoms with Crippen molar-refractivity contribution in [1.29, 1.82) is 0 Å². The number of hydrogen-bond acceptors (Lipinski definition) is 6. The molecule has 0 saturated heterocycles. The molecule has 0 aromatic heterocycles. The molecule has 1 N–H and O–H groups in total. The van der Waals surface area contributed by atoms with Gasteiger partial charge < -0.3 is 0 Å². The van der Waals surface area contributed by atoms with Crippen LogP contribution in [-0.2, 0) is 14.8 Å². The summed E-state index contributed by atoms with van der Waals surface area (Å²) in [5.74, 6) is -0.207. The highest BCUT2D eigenvalue weighted by molar-refractivity contribution is 7.92. The second kappa shape index (κ2) is 8.00. The van der Waals surface area contributed by atoms with E-state index in [4.69, 9.17) is 0 Å². The molecule has 1 heterocycles. The first-order valence-electron chi connectivity index (χ1n) is 8.90. The maximum atomic E-state index is 12.4. The van der Waals surface area contributed by atoms with Crippen LogP contribution in [0.2, 0.25) is 0 Å². The molecule has 1 aliphatic rings. The third kappa shape index (κ3) is 4.77. The predicted molar refractivity (Wildman–Crippen MR) is 109 cm³/mol. The SMILES string of the molecule is CCC(=O)N1N=C(c2cccc(NS(C)(=O)=O)c2)CC1c1cccc([N+](=O)[O-])c1. The lowest BCUT2D eigenvalue weighted by Crippen LogP contribution is -2.26. The van der Waals surface area contributed by atoms with Gasteiger partial charge in [-0.05, 0) is 23.3 Å². The molecule has 152 valence electrons. The molecule has 10 heteroatoms. The number of nitrogens with one attached hydrogen (secondary N) is 1. The summed E-state index contributed by atoms with van der Waals surface area (Å²) in [5.41, 5.74) is 2.21. The molecule has 2 aromatic rings. The zero-order valence-corrected chi connectivity index (χ0v) is 16.7. The Hall–Kier alpha value is -3.27. The number of non-ortho nitro benzene ring substituents is 1. The first kappa shape index (κ1) is 20.5. The average molecular weight is 416 g/mol. The second-order valence-corrected chi connectivity index (χ2v) is 8.41. The fourth-order valence-corrected chi connectivity index (χ4v) is 3.71. The van der Waals surface area contributed by atoms with Gasteiger partial charge in [0.05, 0.1) is 22.9 Å². The number of sulfonamides is 1. The summed E-state index contributed by atoms with van der Waals surface area (Å²) in [4.78, 5) is 23.1. The van der Waals surface area contributed by atoms with Crippen LogP contribution in [-0.4, -0.2) is 36.2 Å². The smallest absolute Gasteiger partial charge is 0.269 e. The first-order chi connectivity index (χ1) is 13.7. The van der Waals surface area contributed by atoms with Crippen LogP contribution in [0.1, 0.15) is 36.9 Å². The molecule has 9 nitrogen and oxygen atoms in total. The standard InChI is InChI=1S/C19H20N4O5S/c1-3-19(24)22-18(14-7-5-9-16(11-14)23(25)26)12-17(20-22)13-6-4-8-15(10-13)21-29(2,27)28/h4-11,18,21H,3,12H2,1-2H3. The number of benzene rings is 2. The summed E-state index contributed by atoms with van der Waals surface area (Å²) in [6.07, 6.45) is 1.65. The molecule has 0 bridgehead atoms. The van der Waals surface area contributed by atoms with Crippen LogP contribution in [0.4, 0.5) is 11.4 Å². The molecule has 0 saturated carbocycles. The molecule has 3 rings (SSSR count). The van der Waals surface area contributed by atoms with E-state index in [2.05, 4.69) is 9.82 Å². The Balaban J connectivity index is 1.96. The molecule has 1 aliphatic heterocycles. The van der Waals surface area contributed by atoms with E-state index in [9.17, 15) is 23.3 Å². The fraction of sp³-hybridized carbons (Fsp3) is 0.263. The van der Waals surface area contributed by atoms with Gasteiger partial charge in [0, 0.05) is 30.7 Å². The number of nitro benzene ring substituents is 1. The van der Waals surface area contributed by atoms with Crippen LogP contribution < -0.4 is 4.72 Å². The average Bonchev–Trinajstić information content (AvgIpc) is 3.12. The monoisotopic (exact) mass is 416 g/mol. The van der Waals surface area contributed by atoms with Gasteiger partial charge in [0.2, 0.25) is 15.9 Å². The molecule has 1 atom stereocenters. The Morgan fingerprint density at radius 1 is 1.28 bits per heavy atom. The Morgan fingerprint density at radius 2 is 2.00 bits per heavy atom. The highest BCUT2D eigenvalue weighted by Gasteiger charge is 2.33. The fourth-order valence-electron chi connectivity index (χ4n) is 3.16. The lowest BCUT2D eigenvalue weighted by Gasteiger charge is -2.21. The summed E-state index contributed by atoms with van der Waals surface area (Å²) in [5, 5.41) is 16.9. The first-order valence-corrected chi connectivity index (χ1v) is 10.8. The minimum atomic E-state index is -3.43. The van der Waals surface area contributed by atoms with E-state index >= 15 is 0 Å². The Kier molecular flexibility index (Phi) is 5.64. The van der Waals surface area contributed by atoms with Gasteiger partial charge in [-0.1, -0.05) is 31.2 Å². The van der Waals surface area contributed by atoms with Crippen LogP contribution in [0.5, 0.6) is 0 Å². The Labute approximate surface area is 168 Å². The second-order valence-electron chi connectivity index (χ2n) is 6.67. The summed E-state index contributed by atoms with van der Waals surface area (Å²) >= 11 is 0. The molecule has 0 aliphatic carbocycles. The molecular weight excluding hydrogens is 396 g/mol. The van der Waals surface area contributed by atoms with Gasteiger partial charge in [-0.3, -0.25) is 19.6 Å². The Bertz CT molecular complexity index is 1100. The zero-order chi connectivity index (χ0) is 21.2. The van der Waals surface area contributed by atoms with Crippen molar-refractivity contribution in [1.82, 2.24) is 5.01 Å². The minimum Gasteiger partial charge on any atom is -0.284 e. The van der Waals surface area contributed by atoms with Gasteiger partial charge in [0.1, 0.15) is 0 Å². The van der Waals surface area contributed by atoms with Crippen molar-refractivity contribution in [2.75, 3.05) is 11.0 Å². The van der Waals surface area contributed by atoms with Crippen LogP contribution in [0.3, 0.4) is 0 Å². The quantitative estimate of drug-likeness (QED) is 0.573. The predicted octanol–water partition coefficient (Wildman–Crippen LogP) is 3.05. The summed E-state index contributed by atoms with van der Waals surface area (Å²) < 4.78 is 25.4. The lowest BCUT2D eigenvalue weighted by molar-refractivity contribution is -0.384. The number of carbonyl (C=O) groups is 1. The number of hydrazone groups is 1. The number of amides is 1. The van der Waals surface area contributed by atoms with Crippen LogP contribution in [0.25, 0.3) is 0 Å². The largest absolute Gasteiger partial charge is 0.284 e. The number of hydrogen-bond donors (Lipinski definition) is 1. The van der Waals surface area contributed by atoms with Crippen molar-refractivity contribution in [2.24, 2.45) is 5.10 Å². The zero-order valence-electron chi connectivity index (χ0n) is 15.9. The lowest BCUT2D eigenvalue weighted by atomic mass is 9.97. The summed E-state index contributed by atoms with van der Waals surface area (Å²) in [6, 6.07) is 12.4. The maximum Gasteiger partial charge on any atom is 0.269 e. The van der Waals surface area contributed by atoms with Crippen molar-refractivity contribution >= 4 is 33.0 Å². The van der Waals surface area contributed by atoms with Gasteiger partial charge in [-0.25, -0.2) is 13.4 Å². The number of nitrogens with zero attached hydrogens (tertiary/aromatic N) is 3. The third-order valence-corrected chi connectivity index (χ3v) is 5.04. The molecule has 0 radical (unpaired) electrons. The molecule has 2 aromatic carbocycles. The van der Waals surface area contributed by atoms with Crippen LogP contribution in [0.15, 0.2) is 53.6 Å². The molecule has 1 amide bonds. The molecule has 1 unspecified atom stereocenters. The highest BCUT2D eigenvalue weighted by Crippen LogP contribution is 2.35. The molecule has 0 spiro atoms. The summed E-state index contributed by atoms with van der Waals surface area (Å²) in [6.45, 7) is 1.72. The summed E-state index contributed by atoms with van der Waals surface area (Å²) in [7, 11) is -3.43. The highest BCUT2D eigenvalue weighted by atomic mass is 32.2. The molecule has 0 fully saturated rings. The molecular formula is C19H20N4O5S. The van der Waals surface area contributed by atoms with Crippen LogP contribution in [0, 0.1) is 10.1 Å². The van der Waals surface area contributed by atoms with E-state index in [-0.39, 0.29) is 18.0 Å². The number of rotatable bonds is 6.